The van der Waals surface area contributed by atoms with Gasteiger partial charge in [-0.05, 0) is 61.4 Å². The maximum Gasteiger partial charge on any atom is 0.290 e. The number of nitrogens with zero attached hydrogens (tertiary/aromatic N) is 1. The molecule has 1 fully saturated rings. The molecule has 5 rings (SSSR count). The second-order valence-electron chi connectivity index (χ2n) is 9.96. The van der Waals surface area contributed by atoms with Crippen molar-refractivity contribution >= 4 is 43.3 Å². The maximum absolute atomic E-state index is 15.7. The molecule has 0 aliphatic heterocycles. The maximum atomic E-state index is 15.7. The number of thioether (sulfide) groups is 2. The molecule has 4 aromatic rings. The van der Waals surface area contributed by atoms with Gasteiger partial charge in [0.25, 0.3) is 10.0 Å². The number of rotatable bonds is 9. The summed E-state index contributed by atoms with van der Waals surface area (Å²) >= 11 is 3.17. The monoisotopic (exact) mass is 593 g/mol. The largest absolute Gasteiger partial charge is 0.290 e. The molecule has 0 amide bonds. The minimum Gasteiger partial charge on any atom is -0.242 e. The smallest absolute Gasteiger partial charge is 0.242 e. The zero-order valence-corrected chi connectivity index (χ0v) is 25.3. The first kappa shape index (κ1) is 28.0. The lowest BCUT2D eigenvalue weighted by Crippen LogP contribution is -2.27. The fraction of sp³-hybridized carbons (Fsp3) is 0.226. The van der Waals surface area contributed by atoms with Crippen LogP contribution in [0.25, 0.3) is 0 Å². The molecule has 0 spiro atoms. The number of hydrogen-bond acceptors (Lipinski definition) is 5. The summed E-state index contributed by atoms with van der Waals surface area (Å²) in [6, 6.07) is 35.4. The molecule has 4 aromatic carbocycles. The van der Waals surface area contributed by atoms with Crippen molar-refractivity contribution in [1.82, 2.24) is 0 Å². The molecule has 202 valence electrons. The zero-order valence-electron chi connectivity index (χ0n) is 22.0. The van der Waals surface area contributed by atoms with Gasteiger partial charge in [0.2, 0.25) is 0 Å². The van der Waals surface area contributed by atoms with Gasteiger partial charge in [-0.2, -0.15) is 8.42 Å². The summed E-state index contributed by atoms with van der Waals surface area (Å²) in [6.07, 6.45) is 0. The first-order valence-corrected chi connectivity index (χ1v) is 17.4. The van der Waals surface area contributed by atoms with Crippen molar-refractivity contribution in [2.45, 2.75) is 49.7 Å². The molecule has 8 heteroatoms. The Morgan fingerprint density at radius 3 is 1.74 bits per heavy atom. The summed E-state index contributed by atoms with van der Waals surface area (Å²) in [5.74, 6) is 0.0850. The first-order valence-electron chi connectivity index (χ1n) is 12.8. The highest BCUT2D eigenvalue weighted by Gasteiger charge is 2.73. The third kappa shape index (κ3) is 5.44. The van der Waals surface area contributed by atoms with Gasteiger partial charge < -0.3 is 0 Å². The van der Waals surface area contributed by atoms with E-state index in [1.807, 2.05) is 73.7 Å². The molecule has 4 atom stereocenters. The van der Waals surface area contributed by atoms with Gasteiger partial charge in [0, 0.05) is 25.9 Å². The van der Waals surface area contributed by atoms with Crippen molar-refractivity contribution in [2.75, 3.05) is 0 Å². The standard InChI is InChI=1S/C31H31NO3S4/c1-23(2)29-30(36-25-13-7-4-8-14-25)31(29,37-26-15-9-5-10-16-26)38(33,27-17-11-6-12-18-27)32-39(34,35)28-21-19-24(3)20-22-28/h4-23,29-30H,1-3H3/t29-,30+,31+,38?/m1/s1. The number of aryl methyl sites for hydroxylation is 1. The lowest BCUT2D eigenvalue weighted by Gasteiger charge is -2.24. The molecule has 0 saturated heterocycles. The highest BCUT2D eigenvalue weighted by molar-refractivity contribution is 8.19. The van der Waals surface area contributed by atoms with Crippen LogP contribution in [-0.2, 0) is 19.8 Å². The van der Waals surface area contributed by atoms with Gasteiger partial charge in [0.1, 0.15) is 13.8 Å². The van der Waals surface area contributed by atoms with Crippen molar-refractivity contribution in [3.05, 3.63) is 121 Å². The first-order chi connectivity index (χ1) is 18.7. The summed E-state index contributed by atoms with van der Waals surface area (Å²) in [7, 11) is -7.77. The zero-order chi connectivity index (χ0) is 27.7. The molecule has 4 nitrogen and oxygen atoms in total. The molecule has 0 heterocycles. The second kappa shape index (κ2) is 11.2. The third-order valence-electron chi connectivity index (χ3n) is 6.84. The van der Waals surface area contributed by atoms with E-state index >= 15 is 4.21 Å². The highest BCUT2D eigenvalue weighted by Crippen LogP contribution is 2.70. The Bertz CT molecular complexity index is 1650. The van der Waals surface area contributed by atoms with Gasteiger partial charge in [-0.15, -0.1) is 27.3 Å². The van der Waals surface area contributed by atoms with Crippen LogP contribution >= 0.6 is 23.5 Å². The number of benzene rings is 4. The van der Waals surface area contributed by atoms with Gasteiger partial charge in [0.15, 0.2) is 0 Å². The SMILES string of the molecule is Cc1ccc(S(=O)(=O)N=S(=O)(c2ccccc2)[C@@]2(Sc3ccccc3)[C@H](C(C)C)[C@@H]2Sc2ccccc2)cc1. The van der Waals surface area contributed by atoms with E-state index in [1.165, 1.54) is 11.8 Å². The molecule has 0 radical (unpaired) electrons. The number of sulfonamides is 1. The number of hydrogen-bond donors (Lipinski definition) is 0. The van der Waals surface area contributed by atoms with Gasteiger partial charge in [-0.3, -0.25) is 0 Å². The van der Waals surface area contributed by atoms with Crippen LogP contribution in [0.4, 0.5) is 0 Å². The van der Waals surface area contributed by atoms with E-state index in [2.05, 4.69) is 17.6 Å². The Morgan fingerprint density at radius 2 is 1.21 bits per heavy atom. The van der Waals surface area contributed by atoms with Gasteiger partial charge in [-0.1, -0.05) is 86.1 Å². The van der Waals surface area contributed by atoms with Gasteiger partial charge in [0.05, 0.1) is 4.90 Å². The summed E-state index contributed by atoms with van der Waals surface area (Å²) in [4.78, 5) is 2.47. The molecule has 39 heavy (non-hydrogen) atoms. The van der Waals surface area contributed by atoms with Crippen LogP contribution in [0.15, 0.2) is 139 Å². The third-order valence-corrected chi connectivity index (χ3v) is 15.7. The fourth-order valence-electron chi connectivity index (χ4n) is 4.93. The summed E-state index contributed by atoms with van der Waals surface area (Å²) in [5.41, 5.74) is 0.940. The molecular weight excluding hydrogens is 563 g/mol. The quantitative estimate of drug-likeness (QED) is 0.196. The molecule has 0 N–H and O–H groups in total. The van der Waals surface area contributed by atoms with Crippen LogP contribution in [0, 0.1) is 18.8 Å². The lowest BCUT2D eigenvalue weighted by molar-refractivity contribution is 0.557. The van der Waals surface area contributed by atoms with Gasteiger partial charge >= 0.3 is 0 Å². The summed E-state index contributed by atoms with van der Waals surface area (Å²) < 4.78 is 46.8. The van der Waals surface area contributed by atoms with Crippen LogP contribution in [-0.4, -0.2) is 22.0 Å². The Labute approximate surface area is 240 Å². The Morgan fingerprint density at radius 1 is 0.692 bits per heavy atom. The molecule has 1 aliphatic carbocycles. The van der Waals surface area contributed by atoms with Crippen molar-refractivity contribution in [3.63, 3.8) is 0 Å². The van der Waals surface area contributed by atoms with E-state index in [4.69, 9.17) is 0 Å². The Kier molecular flexibility index (Phi) is 8.02. The van der Waals surface area contributed by atoms with Crippen molar-refractivity contribution in [1.29, 1.82) is 0 Å². The van der Waals surface area contributed by atoms with Crippen molar-refractivity contribution < 1.29 is 12.6 Å². The Balaban J connectivity index is 1.78. The average Bonchev–Trinajstić information content (AvgIpc) is 3.58. The minimum absolute atomic E-state index is 0.0469. The van der Waals surface area contributed by atoms with Gasteiger partial charge in [-0.25, -0.2) is 4.21 Å². The van der Waals surface area contributed by atoms with Crippen LogP contribution < -0.4 is 0 Å². The molecule has 1 aliphatic rings. The molecule has 1 saturated carbocycles. The molecule has 0 bridgehead atoms. The Hall–Kier alpha value is -2.52. The van der Waals surface area contributed by atoms with Crippen LogP contribution in [0.3, 0.4) is 0 Å². The fourth-order valence-corrected chi connectivity index (χ4v) is 15.0. The topological polar surface area (TPSA) is 63.6 Å². The second-order valence-corrected chi connectivity index (χ2v) is 17.0. The van der Waals surface area contributed by atoms with E-state index in [-0.39, 0.29) is 22.0 Å². The predicted molar refractivity (Wildman–Crippen MR) is 163 cm³/mol. The van der Waals surface area contributed by atoms with Crippen molar-refractivity contribution in [2.24, 2.45) is 15.6 Å². The minimum atomic E-state index is -4.24. The summed E-state index contributed by atoms with van der Waals surface area (Å²) in [6.45, 7) is 6.14. The van der Waals surface area contributed by atoms with Crippen LogP contribution in [0.5, 0.6) is 0 Å². The van der Waals surface area contributed by atoms with Crippen molar-refractivity contribution in [3.8, 4) is 0 Å². The van der Waals surface area contributed by atoms with Crippen LogP contribution in [0.2, 0.25) is 0 Å². The van der Waals surface area contributed by atoms with Crippen LogP contribution in [0.1, 0.15) is 19.4 Å². The average molecular weight is 594 g/mol. The van der Waals surface area contributed by atoms with E-state index in [0.29, 0.717) is 4.90 Å². The molecule has 0 aromatic heterocycles. The molecule has 1 unspecified atom stereocenters. The summed E-state index contributed by atoms with van der Waals surface area (Å²) in [5, 5.41) is -0.130. The highest BCUT2D eigenvalue weighted by atomic mass is 32.3. The van der Waals surface area contributed by atoms with E-state index in [1.54, 1.807) is 60.3 Å². The van der Waals surface area contributed by atoms with E-state index in [0.717, 1.165) is 15.4 Å². The van der Waals surface area contributed by atoms with E-state index in [9.17, 15) is 8.42 Å². The van der Waals surface area contributed by atoms with E-state index < -0.39 is 23.8 Å². The molecular formula is C31H31NO3S4. The lowest BCUT2D eigenvalue weighted by atomic mass is 10.1. The normalized spacial score (nSPS) is 22.3. The predicted octanol–water partition coefficient (Wildman–Crippen LogP) is 8.15.